The van der Waals surface area contributed by atoms with Gasteiger partial charge in [0.1, 0.15) is 11.4 Å². The van der Waals surface area contributed by atoms with Gasteiger partial charge in [0, 0.05) is 24.0 Å². The second-order valence-electron chi connectivity index (χ2n) is 6.91. The maximum absolute atomic E-state index is 12.5. The van der Waals surface area contributed by atoms with Gasteiger partial charge in [0.05, 0.1) is 23.5 Å². The highest BCUT2D eigenvalue weighted by Crippen LogP contribution is 2.24. The first-order valence-electron chi connectivity index (χ1n) is 9.12. The fraction of sp³-hybridized carbons (Fsp3) is 0.200. The maximum atomic E-state index is 12.5. The molecule has 0 saturated carbocycles. The molecule has 0 spiro atoms. The van der Waals surface area contributed by atoms with E-state index in [1.807, 2.05) is 42.6 Å². The molecule has 1 amide bonds. The Labute approximate surface area is 160 Å². The van der Waals surface area contributed by atoms with E-state index in [0.717, 1.165) is 22.3 Å². The molecule has 1 unspecified atom stereocenters. The molecule has 0 radical (unpaired) electrons. The first-order valence-corrected chi connectivity index (χ1v) is 9.12. The summed E-state index contributed by atoms with van der Waals surface area (Å²) in [4.78, 5) is 14.2. The van der Waals surface area contributed by atoms with Gasteiger partial charge in [0.25, 0.3) is 5.91 Å². The third-order valence-electron chi connectivity index (χ3n) is 5.04. The van der Waals surface area contributed by atoms with Crippen LogP contribution >= 0.6 is 0 Å². The van der Waals surface area contributed by atoms with Gasteiger partial charge in [0.15, 0.2) is 0 Å². The van der Waals surface area contributed by atoms with Crippen molar-refractivity contribution in [3.8, 4) is 17.1 Å². The Balaban J connectivity index is 1.39. The van der Waals surface area contributed by atoms with Gasteiger partial charge in [-0.2, -0.15) is 5.10 Å². The zero-order valence-corrected chi connectivity index (χ0v) is 15.0. The van der Waals surface area contributed by atoms with Gasteiger partial charge in [0.2, 0.25) is 0 Å². The molecule has 3 heterocycles. The molecule has 2 N–H and O–H groups in total. The van der Waals surface area contributed by atoms with E-state index in [1.165, 1.54) is 0 Å². The molecule has 2 aromatic heterocycles. The standard InChI is InChI=1S/C20H18N6O2/c27-15-9-10-25(11-15)20(28)13-5-7-14(8-6-13)26-12-18(22-24-26)19-16-3-1-2-4-17(16)21-23-19/h1-8,12,15,27H,9-11H2,(H,21,23). The highest BCUT2D eigenvalue weighted by Gasteiger charge is 2.25. The van der Waals surface area contributed by atoms with E-state index in [4.69, 9.17) is 0 Å². The minimum Gasteiger partial charge on any atom is -0.391 e. The molecule has 2 aromatic carbocycles. The quantitative estimate of drug-likeness (QED) is 0.571. The number of nitrogens with one attached hydrogen (secondary N) is 1. The summed E-state index contributed by atoms with van der Waals surface area (Å²) in [6, 6.07) is 15.1. The molecule has 0 aliphatic carbocycles. The fourth-order valence-corrected chi connectivity index (χ4v) is 3.52. The molecule has 1 atom stereocenters. The minimum atomic E-state index is -0.421. The Kier molecular flexibility index (Phi) is 3.91. The van der Waals surface area contributed by atoms with E-state index < -0.39 is 6.10 Å². The van der Waals surface area contributed by atoms with Crippen LogP contribution in [0.25, 0.3) is 28.0 Å². The number of amides is 1. The highest BCUT2D eigenvalue weighted by molar-refractivity contribution is 5.94. The lowest BCUT2D eigenvalue weighted by Gasteiger charge is -2.15. The zero-order chi connectivity index (χ0) is 19.1. The SMILES string of the molecule is O=C(c1ccc(-n2cc(-c3n[nH]c4ccccc34)nn2)cc1)N1CCC(O)C1. The molecule has 28 heavy (non-hydrogen) atoms. The lowest BCUT2D eigenvalue weighted by Crippen LogP contribution is -2.29. The summed E-state index contributed by atoms with van der Waals surface area (Å²) in [7, 11) is 0. The monoisotopic (exact) mass is 374 g/mol. The highest BCUT2D eigenvalue weighted by atomic mass is 16.3. The van der Waals surface area contributed by atoms with E-state index in [9.17, 15) is 9.90 Å². The molecule has 8 heteroatoms. The summed E-state index contributed by atoms with van der Waals surface area (Å²) in [6.45, 7) is 0.983. The number of para-hydroxylation sites is 1. The number of hydrogen-bond acceptors (Lipinski definition) is 5. The summed E-state index contributed by atoms with van der Waals surface area (Å²) in [6.07, 6.45) is 2.03. The molecule has 4 aromatic rings. The van der Waals surface area contributed by atoms with Crippen LogP contribution in [-0.2, 0) is 0 Å². The fourth-order valence-electron chi connectivity index (χ4n) is 3.52. The summed E-state index contributed by atoms with van der Waals surface area (Å²) in [5.41, 5.74) is 3.76. The van der Waals surface area contributed by atoms with Crippen LogP contribution in [0.4, 0.5) is 0 Å². The van der Waals surface area contributed by atoms with E-state index >= 15 is 0 Å². The molecule has 5 rings (SSSR count). The maximum Gasteiger partial charge on any atom is 0.253 e. The number of aliphatic hydroxyl groups is 1. The van der Waals surface area contributed by atoms with Gasteiger partial charge in [-0.25, -0.2) is 4.68 Å². The topological polar surface area (TPSA) is 99.9 Å². The van der Waals surface area contributed by atoms with Gasteiger partial charge in [-0.05, 0) is 36.8 Å². The van der Waals surface area contributed by atoms with Crippen LogP contribution in [0.3, 0.4) is 0 Å². The number of carbonyl (C=O) groups excluding carboxylic acids is 1. The third kappa shape index (κ3) is 2.84. The minimum absolute atomic E-state index is 0.0645. The largest absolute Gasteiger partial charge is 0.391 e. The number of aromatic nitrogens is 5. The molecule has 1 aliphatic heterocycles. The summed E-state index contributed by atoms with van der Waals surface area (Å²) in [5.74, 6) is -0.0645. The lowest BCUT2D eigenvalue weighted by atomic mass is 10.1. The average molecular weight is 374 g/mol. The molecular formula is C20H18N6O2. The van der Waals surface area contributed by atoms with Crippen molar-refractivity contribution in [1.29, 1.82) is 0 Å². The second-order valence-corrected chi connectivity index (χ2v) is 6.91. The molecule has 140 valence electrons. The molecule has 1 fully saturated rings. The number of carbonyl (C=O) groups is 1. The number of rotatable bonds is 3. The number of β-amino-alcohol motifs (C(OH)–C–C–N with tert-alkyl or cyclic N) is 1. The van der Waals surface area contributed by atoms with Crippen LogP contribution in [0.15, 0.2) is 54.7 Å². The average Bonchev–Trinajstić information content (AvgIpc) is 3.46. The van der Waals surface area contributed by atoms with E-state index in [0.29, 0.717) is 30.8 Å². The van der Waals surface area contributed by atoms with Crippen molar-refractivity contribution in [2.75, 3.05) is 13.1 Å². The Morgan fingerprint density at radius 2 is 1.96 bits per heavy atom. The number of hydrogen-bond donors (Lipinski definition) is 2. The second kappa shape index (κ2) is 6.58. The summed E-state index contributed by atoms with van der Waals surface area (Å²) >= 11 is 0. The number of fused-ring (bicyclic) bond motifs is 1. The number of aromatic amines is 1. The van der Waals surface area contributed by atoms with E-state index in [-0.39, 0.29) is 5.91 Å². The van der Waals surface area contributed by atoms with Gasteiger partial charge in [-0.3, -0.25) is 9.89 Å². The van der Waals surface area contributed by atoms with Crippen LogP contribution in [0.1, 0.15) is 16.8 Å². The normalized spacial score (nSPS) is 16.8. The molecular weight excluding hydrogens is 356 g/mol. The van der Waals surface area contributed by atoms with Crippen LogP contribution in [0.2, 0.25) is 0 Å². The number of nitrogens with zero attached hydrogens (tertiary/aromatic N) is 5. The van der Waals surface area contributed by atoms with Gasteiger partial charge >= 0.3 is 0 Å². The Morgan fingerprint density at radius 3 is 2.75 bits per heavy atom. The summed E-state index contributed by atoms with van der Waals surface area (Å²) < 4.78 is 1.66. The number of aliphatic hydroxyl groups excluding tert-OH is 1. The first-order chi connectivity index (χ1) is 13.7. The van der Waals surface area contributed by atoms with Crippen LogP contribution in [0.5, 0.6) is 0 Å². The predicted molar refractivity (Wildman–Crippen MR) is 103 cm³/mol. The molecule has 1 aliphatic rings. The van der Waals surface area contributed by atoms with Crippen LogP contribution in [-0.4, -0.2) is 60.3 Å². The van der Waals surface area contributed by atoms with E-state index in [1.54, 1.807) is 21.7 Å². The number of H-pyrrole nitrogens is 1. The lowest BCUT2D eigenvalue weighted by molar-refractivity contribution is 0.0765. The van der Waals surface area contributed by atoms with Crippen molar-refractivity contribution in [2.24, 2.45) is 0 Å². The first kappa shape index (κ1) is 16.6. The van der Waals surface area contributed by atoms with E-state index in [2.05, 4.69) is 20.5 Å². The number of likely N-dealkylation sites (tertiary alicyclic amines) is 1. The Bertz CT molecular complexity index is 1150. The predicted octanol–water partition coefficient (Wildman–Crippen LogP) is 2.02. The Hall–Kier alpha value is -3.52. The van der Waals surface area contributed by atoms with Crippen molar-refractivity contribution in [1.82, 2.24) is 30.1 Å². The molecule has 8 nitrogen and oxygen atoms in total. The van der Waals surface area contributed by atoms with Crippen molar-refractivity contribution in [3.05, 3.63) is 60.3 Å². The van der Waals surface area contributed by atoms with Gasteiger partial charge in [-0.1, -0.05) is 23.4 Å². The Morgan fingerprint density at radius 1 is 1.14 bits per heavy atom. The van der Waals surface area contributed by atoms with Crippen molar-refractivity contribution in [3.63, 3.8) is 0 Å². The van der Waals surface area contributed by atoms with Crippen molar-refractivity contribution >= 4 is 16.8 Å². The van der Waals surface area contributed by atoms with Crippen LogP contribution in [0, 0.1) is 0 Å². The van der Waals surface area contributed by atoms with Gasteiger partial charge < -0.3 is 10.0 Å². The molecule has 0 bridgehead atoms. The summed E-state index contributed by atoms with van der Waals surface area (Å²) in [5, 5.41) is 26.4. The third-order valence-corrected chi connectivity index (χ3v) is 5.04. The van der Waals surface area contributed by atoms with Crippen LogP contribution < -0.4 is 0 Å². The smallest absolute Gasteiger partial charge is 0.253 e. The van der Waals surface area contributed by atoms with Gasteiger partial charge in [-0.15, -0.1) is 5.10 Å². The van der Waals surface area contributed by atoms with Crippen molar-refractivity contribution in [2.45, 2.75) is 12.5 Å². The molecule has 1 saturated heterocycles. The number of benzene rings is 2. The zero-order valence-electron chi connectivity index (χ0n) is 15.0. The van der Waals surface area contributed by atoms with Crippen molar-refractivity contribution < 1.29 is 9.90 Å².